The number of carbonyl (C=O) groups excluding carboxylic acids is 1. The maximum Gasteiger partial charge on any atom is 0.327 e. The van der Waals surface area contributed by atoms with Crippen LogP contribution < -0.4 is 5.32 Å². The molecule has 0 bridgehead atoms. The van der Waals surface area contributed by atoms with Gasteiger partial charge >= 0.3 is 5.97 Å². The molecule has 6 nitrogen and oxygen atoms in total. The maximum absolute atomic E-state index is 11.7. The van der Waals surface area contributed by atoms with Crippen molar-refractivity contribution in [3.63, 3.8) is 0 Å². The minimum atomic E-state index is -1.31. The molecule has 0 aromatic carbocycles. The molecule has 0 aliphatic rings. The van der Waals surface area contributed by atoms with Gasteiger partial charge in [-0.1, -0.05) is 0 Å². The summed E-state index contributed by atoms with van der Waals surface area (Å²) in [6.45, 7) is 4.96. The van der Waals surface area contributed by atoms with Crippen LogP contribution in [0.3, 0.4) is 0 Å². The summed E-state index contributed by atoms with van der Waals surface area (Å²) in [5.74, 6) is -1.37. The van der Waals surface area contributed by atoms with E-state index >= 15 is 0 Å². The van der Waals surface area contributed by atoms with Crippen LogP contribution in [-0.2, 0) is 25.1 Å². The minimum Gasteiger partial charge on any atom is -0.480 e. The Morgan fingerprint density at radius 2 is 2.00 bits per heavy atom. The standard InChI is InChI=1S/C11H21NO5S/c1-8(13)12-9(10(14)15)7-18(16)6-5-11(2,3)17-4/h9H,5-7H2,1-4H3,(H,12,13)(H,14,15)/t9-,18?/m0/s1. The molecule has 0 rings (SSSR count). The summed E-state index contributed by atoms with van der Waals surface area (Å²) in [6, 6.07) is -1.10. The third-order valence-corrected chi connectivity index (χ3v) is 3.88. The van der Waals surface area contributed by atoms with Crippen LogP contribution in [0.15, 0.2) is 0 Å². The highest BCUT2D eigenvalue weighted by Crippen LogP contribution is 2.13. The Kier molecular flexibility index (Phi) is 7.08. The van der Waals surface area contributed by atoms with Gasteiger partial charge in [0.15, 0.2) is 0 Å². The first-order chi connectivity index (χ1) is 8.18. The molecule has 0 radical (unpaired) electrons. The fourth-order valence-corrected chi connectivity index (χ4v) is 2.63. The van der Waals surface area contributed by atoms with Crippen LogP contribution in [-0.4, -0.2) is 51.5 Å². The Hall–Kier alpha value is -0.950. The number of methoxy groups -OCH3 is 1. The molecule has 0 fully saturated rings. The van der Waals surface area contributed by atoms with Gasteiger partial charge in [-0.2, -0.15) is 0 Å². The predicted molar refractivity (Wildman–Crippen MR) is 68.8 cm³/mol. The first-order valence-corrected chi connectivity index (χ1v) is 7.07. The third-order valence-electron chi connectivity index (χ3n) is 2.51. The molecule has 106 valence electrons. The van der Waals surface area contributed by atoms with E-state index in [1.165, 1.54) is 6.92 Å². The number of rotatable bonds is 8. The van der Waals surface area contributed by atoms with E-state index in [-0.39, 0.29) is 11.4 Å². The number of hydrogen-bond acceptors (Lipinski definition) is 4. The number of aliphatic carboxylic acids is 1. The van der Waals surface area contributed by atoms with Gasteiger partial charge in [-0.3, -0.25) is 9.00 Å². The molecule has 0 saturated carbocycles. The Balaban J connectivity index is 4.27. The number of amides is 1. The van der Waals surface area contributed by atoms with Crippen molar-refractivity contribution < 1.29 is 23.6 Å². The topological polar surface area (TPSA) is 92.7 Å². The van der Waals surface area contributed by atoms with Gasteiger partial charge in [-0.05, 0) is 20.3 Å². The molecule has 2 atom stereocenters. The summed E-state index contributed by atoms with van der Waals surface area (Å²) >= 11 is 0. The zero-order chi connectivity index (χ0) is 14.3. The minimum absolute atomic E-state index is 0.0886. The number of carboxylic acids is 1. The van der Waals surface area contributed by atoms with Crippen LogP contribution in [0.2, 0.25) is 0 Å². The zero-order valence-corrected chi connectivity index (χ0v) is 12.0. The van der Waals surface area contributed by atoms with E-state index in [4.69, 9.17) is 9.84 Å². The molecule has 18 heavy (non-hydrogen) atoms. The second-order valence-corrected chi connectivity index (χ2v) is 6.24. The van der Waals surface area contributed by atoms with Gasteiger partial charge in [0.25, 0.3) is 0 Å². The number of ether oxygens (including phenoxy) is 1. The Morgan fingerprint density at radius 3 is 2.39 bits per heavy atom. The summed E-state index contributed by atoms with van der Waals surface area (Å²) in [5, 5.41) is 11.1. The van der Waals surface area contributed by atoms with Gasteiger partial charge in [0, 0.05) is 30.6 Å². The summed E-state index contributed by atoms with van der Waals surface area (Å²) in [7, 11) is 0.259. The molecule has 0 saturated heterocycles. The molecule has 7 heteroatoms. The van der Waals surface area contributed by atoms with Crippen LogP contribution in [0.25, 0.3) is 0 Å². The fourth-order valence-electron chi connectivity index (χ4n) is 1.15. The Bertz CT molecular complexity index is 329. The van der Waals surface area contributed by atoms with Crippen molar-refractivity contribution in [2.24, 2.45) is 0 Å². The first kappa shape index (κ1) is 17.1. The summed E-state index contributed by atoms with van der Waals surface area (Å²) in [6.07, 6.45) is 0.558. The number of nitrogens with one attached hydrogen (secondary N) is 1. The van der Waals surface area contributed by atoms with Crippen molar-refractivity contribution >= 4 is 22.7 Å². The van der Waals surface area contributed by atoms with Crippen LogP contribution in [0.1, 0.15) is 27.2 Å². The van der Waals surface area contributed by atoms with Gasteiger partial charge in [-0.15, -0.1) is 0 Å². The van der Waals surface area contributed by atoms with E-state index in [9.17, 15) is 13.8 Å². The number of hydrogen-bond donors (Lipinski definition) is 2. The molecular formula is C11H21NO5S. The SMILES string of the molecule is COC(C)(C)CCS(=O)C[C@H](NC(C)=O)C(=O)O. The molecule has 0 aliphatic carbocycles. The maximum atomic E-state index is 11.7. The number of carbonyl (C=O) groups is 2. The van der Waals surface area contributed by atoms with E-state index in [0.717, 1.165) is 0 Å². The summed E-state index contributed by atoms with van der Waals surface area (Å²) < 4.78 is 16.9. The Morgan fingerprint density at radius 1 is 1.44 bits per heavy atom. The highest BCUT2D eigenvalue weighted by molar-refractivity contribution is 7.85. The van der Waals surface area contributed by atoms with Crippen molar-refractivity contribution in [1.29, 1.82) is 0 Å². The first-order valence-electron chi connectivity index (χ1n) is 5.58. The second kappa shape index (κ2) is 7.48. The normalized spacial score (nSPS) is 14.9. The molecule has 2 N–H and O–H groups in total. The zero-order valence-electron chi connectivity index (χ0n) is 11.2. The lowest BCUT2D eigenvalue weighted by molar-refractivity contribution is -0.140. The molecule has 1 amide bonds. The summed E-state index contributed by atoms with van der Waals surface area (Å²) in [5.41, 5.74) is -0.387. The van der Waals surface area contributed by atoms with Crippen LogP contribution in [0.5, 0.6) is 0 Å². The molecule has 0 spiro atoms. The van der Waals surface area contributed by atoms with Crippen LogP contribution in [0, 0.1) is 0 Å². The fraction of sp³-hybridized carbons (Fsp3) is 0.818. The monoisotopic (exact) mass is 279 g/mol. The lowest BCUT2D eigenvalue weighted by Gasteiger charge is -2.22. The van der Waals surface area contributed by atoms with Gasteiger partial charge in [0.05, 0.1) is 11.4 Å². The highest BCUT2D eigenvalue weighted by Gasteiger charge is 2.23. The largest absolute Gasteiger partial charge is 0.480 e. The lowest BCUT2D eigenvalue weighted by atomic mass is 10.1. The second-order valence-electron chi connectivity index (χ2n) is 4.62. The van der Waals surface area contributed by atoms with E-state index in [2.05, 4.69) is 5.32 Å². The lowest BCUT2D eigenvalue weighted by Crippen LogP contribution is -2.44. The van der Waals surface area contributed by atoms with Gasteiger partial charge in [0.1, 0.15) is 6.04 Å². The molecular weight excluding hydrogens is 258 g/mol. The van der Waals surface area contributed by atoms with E-state index in [0.29, 0.717) is 12.2 Å². The van der Waals surface area contributed by atoms with Crippen molar-refractivity contribution in [2.45, 2.75) is 38.8 Å². The van der Waals surface area contributed by atoms with E-state index in [1.807, 2.05) is 13.8 Å². The van der Waals surface area contributed by atoms with E-state index < -0.39 is 28.7 Å². The van der Waals surface area contributed by atoms with Crippen molar-refractivity contribution in [2.75, 3.05) is 18.6 Å². The van der Waals surface area contributed by atoms with E-state index in [1.54, 1.807) is 7.11 Å². The molecule has 1 unspecified atom stereocenters. The van der Waals surface area contributed by atoms with Crippen molar-refractivity contribution in [3.8, 4) is 0 Å². The van der Waals surface area contributed by atoms with Crippen LogP contribution in [0.4, 0.5) is 0 Å². The third kappa shape index (κ3) is 7.39. The smallest absolute Gasteiger partial charge is 0.327 e. The predicted octanol–water partition coefficient (Wildman–Crippen LogP) is 0.140. The quantitative estimate of drug-likeness (QED) is 0.659. The molecule has 0 aliphatic heterocycles. The summed E-state index contributed by atoms with van der Waals surface area (Å²) in [4.78, 5) is 21.7. The van der Waals surface area contributed by atoms with Crippen molar-refractivity contribution in [1.82, 2.24) is 5.32 Å². The average molecular weight is 279 g/mol. The number of carboxylic acid groups (broad SMARTS) is 1. The Labute approximate surface area is 110 Å². The van der Waals surface area contributed by atoms with Gasteiger partial charge < -0.3 is 15.2 Å². The van der Waals surface area contributed by atoms with Crippen molar-refractivity contribution in [3.05, 3.63) is 0 Å². The van der Waals surface area contributed by atoms with Gasteiger partial charge in [0.2, 0.25) is 5.91 Å². The molecule has 0 aromatic rings. The highest BCUT2D eigenvalue weighted by atomic mass is 32.2. The molecule has 0 heterocycles. The average Bonchev–Trinajstić information content (AvgIpc) is 2.25. The van der Waals surface area contributed by atoms with Crippen LogP contribution >= 0.6 is 0 Å². The molecule has 0 aromatic heterocycles. The van der Waals surface area contributed by atoms with Gasteiger partial charge in [-0.25, -0.2) is 4.79 Å².